The zero-order valence-electron chi connectivity index (χ0n) is 21.9. The van der Waals surface area contributed by atoms with Crippen molar-refractivity contribution in [2.75, 3.05) is 10.2 Å². The second-order valence-electron chi connectivity index (χ2n) is 9.70. The molecule has 0 radical (unpaired) electrons. The lowest BCUT2D eigenvalue weighted by atomic mass is 9.99. The van der Waals surface area contributed by atoms with Gasteiger partial charge in [0.2, 0.25) is 0 Å². The average Bonchev–Trinajstić information content (AvgIpc) is 3.52. The molecule has 0 unspecified atom stereocenters. The maximum Gasteiger partial charge on any atom is 0.267 e. The van der Waals surface area contributed by atoms with Gasteiger partial charge < -0.3 is 5.32 Å². The molecule has 0 spiro atoms. The SMILES string of the molecule is O=C(Nc1ccccc1)c1sc2nc(-c3ccccc3)cc(-c3ccc(Br)cc3)c2c1N1C(=O)c2ccccc2C1=O. The van der Waals surface area contributed by atoms with Gasteiger partial charge in [-0.2, -0.15) is 0 Å². The molecule has 42 heavy (non-hydrogen) atoms. The fourth-order valence-electron chi connectivity index (χ4n) is 5.17. The number of halogens is 1. The summed E-state index contributed by atoms with van der Waals surface area (Å²) >= 11 is 4.68. The summed E-state index contributed by atoms with van der Waals surface area (Å²) in [6.07, 6.45) is 0. The van der Waals surface area contributed by atoms with Crippen molar-refractivity contribution in [2.24, 2.45) is 0 Å². The lowest BCUT2D eigenvalue weighted by molar-refractivity contribution is 0.0926. The molecule has 0 atom stereocenters. The lowest BCUT2D eigenvalue weighted by Crippen LogP contribution is -2.31. The van der Waals surface area contributed by atoms with Crippen molar-refractivity contribution >= 4 is 66.6 Å². The van der Waals surface area contributed by atoms with Crippen LogP contribution >= 0.6 is 27.3 Å². The summed E-state index contributed by atoms with van der Waals surface area (Å²) in [5, 5.41) is 3.50. The largest absolute Gasteiger partial charge is 0.321 e. The molecule has 3 heterocycles. The Hall–Kier alpha value is -4.92. The standard InChI is InChI=1S/C34H20BrN3O3S/c35-22-17-15-20(16-18-22)26-19-27(21-9-3-1-4-10-21)37-32-28(26)29(30(42-32)31(39)36-23-11-5-2-6-12-23)38-33(40)24-13-7-8-14-25(24)34(38)41/h1-19H,(H,36,39). The Morgan fingerprint density at radius 3 is 1.95 bits per heavy atom. The number of fused-ring (bicyclic) bond motifs is 2. The molecule has 202 valence electrons. The number of carbonyl (C=O) groups excluding carboxylic acids is 3. The summed E-state index contributed by atoms with van der Waals surface area (Å²) < 4.78 is 0.911. The van der Waals surface area contributed by atoms with Gasteiger partial charge in [0.05, 0.1) is 22.5 Å². The van der Waals surface area contributed by atoms with Crippen LogP contribution in [0.15, 0.2) is 120 Å². The molecule has 0 saturated heterocycles. The van der Waals surface area contributed by atoms with E-state index in [4.69, 9.17) is 4.98 Å². The number of carbonyl (C=O) groups is 3. The van der Waals surface area contributed by atoms with E-state index >= 15 is 0 Å². The van der Waals surface area contributed by atoms with E-state index in [9.17, 15) is 14.4 Å². The van der Waals surface area contributed by atoms with Crippen molar-refractivity contribution in [3.05, 3.63) is 136 Å². The third kappa shape index (κ3) is 4.41. The summed E-state index contributed by atoms with van der Waals surface area (Å²) in [7, 11) is 0. The normalized spacial score (nSPS) is 12.5. The predicted octanol–water partition coefficient (Wildman–Crippen LogP) is 8.45. The Morgan fingerprint density at radius 1 is 0.714 bits per heavy atom. The number of nitrogens with one attached hydrogen (secondary N) is 1. The van der Waals surface area contributed by atoms with E-state index in [1.807, 2.05) is 78.9 Å². The van der Waals surface area contributed by atoms with Gasteiger partial charge in [0, 0.05) is 21.1 Å². The Morgan fingerprint density at radius 2 is 1.31 bits per heavy atom. The maximum atomic E-state index is 13.9. The second-order valence-corrected chi connectivity index (χ2v) is 11.6. The van der Waals surface area contributed by atoms with Gasteiger partial charge in [-0.3, -0.25) is 14.4 Å². The predicted molar refractivity (Wildman–Crippen MR) is 170 cm³/mol. The first-order valence-electron chi connectivity index (χ1n) is 13.1. The minimum Gasteiger partial charge on any atom is -0.321 e. The van der Waals surface area contributed by atoms with Crippen LogP contribution in [0.4, 0.5) is 11.4 Å². The van der Waals surface area contributed by atoms with Crippen LogP contribution in [0.3, 0.4) is 0 Å². The van der Waals surface area contributed by atoms with Crippen LogP contribution in [0, 0.1) is 0 Å². The number of benzene rings is 4. The Labute approximate surface area is 253 Å². The first kappa shape index (κ1) is 26.0. The average molecular weight is 631 g/mol. The third-order valence-corrected chi connectivity index (χ3v) is 8.72. The molecule has 7 rings (SSSR count). The number of hydrogen-bond donors (Lipinski definition) is 1. The van der Waals surface area contributed by atoms with Crippen molar-refractivity contribution in [3.8, 4) is 22.4 Å². The summed E-state index contributed by atoms with van der Waals surface area (Å²) in [6.45, 7) is 0. The van der Waals surface area contributed by atoms with Gasteiger partial charge in [-0.05, 0) is 53.6 Å². The molecule has 1 N–H and O–H groups in total. The molecule has 1 aliphatic rings. The van der Waals surface area contributed by atoms with Crippen LogP contribution in [0.5, 0.6) is 0 Å². The monoisotopic (exact) mass is 629 g/mol. The number of nitrogens with zero attached hydrogens (tertiary/aromatic N) is 2. The minimum atomic E-state index is -0.474. The number of rotatable bonds is 5. The van der Waals surface area contributed by atoms with Crippen LogP contribution in [0.1, 0.15) is 30.4 Å². The summed E-state index contributed by atoms with van der Waals surface area (Å²) in [6, 6.07) is 35.3. The molecule has 0 bridgehead atoms. The topological polar surface area (TPSA) is 79.4 Å². The van der Waals surface area contributed by atoms with Gasteiger partial charge in [0.25, 0.3) is 17.7 Å². The fourth-order valence-corrected chi connectivity index (χ4v) is 6.51. The second kappa shape index (κ2) is 10.5. The highest BCUT2D eigenvalue weighted by atomic mass is 79.9. The molecule has 4 aromatic carbocycles. The molecule has 1 aliphatic heterocycles. The summed E-state index contributed by atoms with van der Waals surface area (Å²) in [5.74, 6) is -1.38. The Bertz CT molecular complexity index is 1990. The molecule has 6 aromatic rings. The van der Waals surface area contributed by atoms with Crippen molar-refractivity contribution in [3.63, 3.8) is 0 Å². The molecule has 2 aromatic heterocycles. The van der Waals surface area contributed by atoms with E-state index in [1.165, 1.54) is 0 Å². The van der Waals surface area contributed by atoms with Gasteiger partial charge in [0.1, 0.15) is 9.71 Å². The highest BCUT2D eigenvalue weighted by Crippen LogP contribution is 2.47. The smallest absolute Gasteiger partial charge is 0.267 e. The van der Waals surface area contributed by atoms with Gasteiger partial charge in [-0.15, -0.1) is 11.3 Å². The summed E-state index contributed by atoms with van der Waals surface area (Å²) in [5.41, 5.74) is 4.67. The number of thiophene rings is 1. The lowest BCUT2D eigenvalue weighted by Gasteiger charge is -2.17. The number of anilines is 2. The molecular weight excluding hydrogens is 610 g/mol. The van der Waals surface area contributed by atoms with Crippen molar-refractivity contribution in [1.29, 1.82) is 0 Å². The van der Waals surface area contributed by atoms with Gasteiger partial charge >= 0.3 is 0 Å². The number of aromatic nitrogens is 1. The number of para-hydroxylation sites is 1. The first-order valence-corrected chi connectivity index (χ1v) is 14.7. The number of imide groups is 1. The number of hydrogen-bond acceptors (Lipinski definition) is 5. The van der Waals surface area contributed by atoms with Crippen LogP contribution in [0.25, 0.3) is 32.6 Å². The molecular formula is C34H20BrN3O3S. The van der Waals surface area contributed by atoms with Gasteiger partial charge in [0.15, 0.2) is 0 Å². The van der Waals surface area contributed by atoms with Gasteiger partial charge in [-0.1, -0.05) is 88.7 Å². The molecule has 8 heteroatoms. The fraction of sp³-hybridized carbons (Fsp3) is 0. The van der Waals surface area contributed by atoms with Crippen molar-refractivity contribution < 1.29 is 14.4 Å². The van der Waals surface area contributed by atoms with E-state index in [2.05, 4.69) is 21.2 Å². The number of amides is 3. The van der Waals surface area contributed by atoms with Crippen LogP contribution in [-0.4, -0.2) is 22.7 Å². The molecule has 3 amide bonds. The van der Waals surface area contributed by atoms with E-state index in [-0.39, 0.29) is 10.6 Å². The van der Waals surface area contributed by atoms with E-state index < -0.39 is 17.7 Å². The maximum absolute atomic E-state index is 13.9. The first-order chi connectivity index (χ1) is 20.5. The number of pyridine rings is 1. The van der Waals surface area contributed by atoms with E-state index in [0.717, 1.165) is 37.4 Å². The molecule has 0 fully saturated rings. The highest BCUT2D eigenvalue weighted by Gasteiger charge is 2.41. The van der Waals surface area contributed by atoms with Crippen LogP contribution < -0.4 is 10.2 Å². The Balaban J connectivity index is 1.52. The molecule has 0 saturated carbocycles. The zero-order valence-corrected chi connectivity index (χ0v) is 24.3. The molecule has 0 aliphatic carbocycles. The minimum absolute atomic E-state index is 0.222. The Kier molecular flexibility index (Phi) is 6.49. The highest BCUT2D eigenvalue weighted by molar-refractivity contribution is 9.10. The van der Waals surface area contributed by atoms with E-state index in [1.54, 1.807) is 36.4 Å². The van der Waals surface area contributed by atoms with Crippen LogP contribution in [-0.2, 0) is 0 Å². The third-order valence-electron chi connectivity index (χ3n) is 7.12. The molecule has 6 nitrogen and oxygen atoms in total. The van der Waals surface area contributed by atoms with E-state index in [0.29, 0.717) is 32.7 Å². The zero-order chi connectivity index (χ0) is 28.8. The van der Waals surface area contributed by atoms with Crippen molar-refractivity contribution in [2.45, 2.75) is 0 Å². The van der Waals surface area contributed by atoms with Crippen molar-refractivity contribution in [1.82, 2.24) is 4.98 Å². The van der Waals surface area contributed by atoms with Crippen LogP contribution in [0.2, 0.25) is 0 Å². The van der Waals surface area contributed by atoms with Gasteiger partial charge in [-0.25, -0.2) is 9.88 Å². The summed E-state index contributed by atoms with van der Waals surface area (Å²) in [4.78, 5) is 48.4. The quantitative estimate of drug-likeness (QED) is 0.194.